The molecule has 0 spiro atoms. The van der Waals surface area contributed by atoms with Crippen molar-refractivity contribution in [2.24, 2.45) is 7.05 Å². The van der Waals surface area contributed by atoms with Crippen LogP contribution in [0.2, 0.25) is 5.15 Å². The summed E-state index contributed by atoms with van der Waals surface area (Å²) in [6.45, 7) is 0. The second-order valence-electron chi connectivity index (χ2n) is 3.55. The number of rotatable bonds is 3. The number of carbonyl (C=O) groups excluding carboxylic acids is 1. The lowest BCUT2D eigenvalue weighted by Gasteiger charge is -2.05. The zero-order valence-corrected chi connectivity index (χ0v) is 10.5. The summed E-state index contributed by atoms with van der Waals surface area (Å²) < 4.78 is 1.34. The zero-order chi connectivity index (χ0) is 14.0. The van der Waals surface area contributed by atoms with E-state index in [1.54, 1.807) is 7.05 Å². The van der Waals surface area contributed by atoms with Crippen LogP contribution in [0, 0.1) is 10.1 Å². The number of aromatic nitrogens is 3. The Hall–Kier alpha value is -2.48. The summed E-state index contributed by atoms with van der Waals surface area (Å²) in [6.07, 6.45) is 1.44. The molecule has 0 saturated heterocycles. The lowest BCUT2D eigenvalue weighted by molar-refractivity contribution is -0.384. The molecule has 0 atom stereocenters. The highest BCUT2D eigenvalue weighted by Gasteiger charge is 2.19. The normalized spacial score (nSPS) is 10.2. The van der Waals surface area contributed by atoms with E-state index in [2.05, 4.69) is 15.4 Å². The Morgan fingerprint density at radius 3 is 2.79 bits per heavy atom. The molecule has 1 N–H and O–H groups in total. The quantitative estimate of drug-likeness (QED) is 0.523. The topological polar surface area (TPSA) is 103 Å². The third-order valence-corrected chi connectivity index (χ3v) is 2.53. The standard InChI is InChI=1S/C10H8ClN5O3/c1-15-7(4-5-12-15)10(17)14-9-6(16(18)19)2-3-8(11)13-9/h2-5H,1H3,(H,13,14,17). The van der Waals surface area contributed by atoms with Crippen LogP contribution in [0.25, 0.3) is 0 Å². The van der Waals surface area contributed by atoms with E-state index < -0.39 is 10.8 Å². The molecule has 0 aliphatic carbocycles. The first kappa shape index (κ1) is 13.0. The maximum atomic E-state index is 11.9. The average molecular weight is 282 g/mol. The van der Waals surface area contributed by atoms with Gasteiger partial charge in [0.05, 0.1) is 4.92 Å². The monoisotopic (exact) mass is 281 g/mol. The van der Waals surface area contributed by atoms with Crippen molar-refractivity contribution in [1.29, 1.82) is 0 Å². The number of nitrogens with one attached hydrogen (secondary N) is 1. The third kappa shape index (κ3) is 2.68. The molecule has 2 aromatic heterocycles. The second-order valence-corrected chi connectivity index (χ2v) is 3.94. The molecule has 0 aliphatic heterocycles. The Balaban J connectivity index is 2.33. The summed E-state index contributed by atoms with van der Waals surface area (Å²) in [5.74, 6) is -0.762. The van der Waals surface area contributed by atoms with Crippen LogP contribution in [0.5, 0.6) is 0 Å². The number of carbonyl (C=O) groups is 1. The van der Waals surface area contributed by atoms with Gasteiger partial charge in [-0.25, -0.2) is 4.98 Å². The van der Waals surface area contributed by atoms with Crippen LogP contribution in [0.1, 0.15) is 10.5 Å². The van der Waals surface area contributed by atoms with Gasteiger partial charge in [-0.2, -0.15) is 5.10 Å². The third-order valence-electron chi connectivity index (χ3n) is 2.32. The van der Waals surface area contributed by atoms with Crippen LogP contribution in [0.15, 0.2) is 24.4 Å². The first-order chi connectivity index (χ1) is 8.99. The summed E-state index contributed by atoms with van der Waals surface area (Å²) in [7, 11) is 1.58. The Bertz CT molecular complexity index is 654. The van der Waals surface area contributed by atoms with Crippen molar-refractivity contribution in [3.63, 3.8) is 0 Å². The van der Waals surface area contributed by atoms with Crippen molar-refractivity contribution in [2.45, 2.75) is 0 Å². The van der Waals surface area contributed by atoms with Crippen LogP contribution in [-0.2, 0) is 7.05 Å². The van der Waals surface area contributed by atoms with Gasteiger partial charge in [-0.15, -0.1) is 0 Å². The summed E-state index contributed by atoms with van der Waals surface area (Å²) in [4.78, 5) is 25.8. The van der Waals surface area contributed by atoms with Crippen molar-refractivity contribution in [2.75, 3.05) is 5.32 Å². The van der Waals surface area contributed by atoms with E-state index in [1.807, 2.05) is 0 Å². The lowest BCUT2D eigenvalue weighted by atomic mass is 10.3. The minimum Gasteiger partial charge on any atom is -0.299 e. The fourth-order valence-electron chi connectivity index (χ4n) is 1.44. The summed E-state index contributed by atoms with van der Waals surface area (Å²) in [5, 5.41) is 17.0. The lowest BCUT2D eigenvalue weighted by Crippen LogP contribution is -2.17. The van der Waals surface area contributed by atoms with Gasteiger partial charge in [0.2, 0.25) is 5.82 Å². The zero-order valence-electron chi connectivity index (χ0n) is 9.70. The highest BCUT2D eigenvalue weighted by atomic mass is 35.5. The van der Waals surface area contributed by atoms with Crippen molar-refractivity contribution < 1.29 is 9.72 Å². The molecular weight excluding hydrogens is 274 g/mol. The van der Waals surface area contributed by atoms with Gasteiger partial charge < -0.3 is 0 Å². The van der Waals surface area contributed by atoms with Gasteiger partial charge in [-0.3, -0.25) is 24.9 Å². The predicted molar refractivity (Wildman–Crippen MR) is 67.1 cm³/mol. The molecular formula is C10H8ClN5O3. The number of hydrogen-bond acceptors (Lipinski definition) is 5. The van der Waals surface area contributed by atoms with E-state index in [4.69, 9.17) is 11.6 Å². The Morgan fingerprint density at radius 1 is 1.47 bits per heavy atom. The van der Waals surface area contributed by atoms with E-state index in [9.17, 15) is 14.9 Å². The summed E-state index contributed by atoms with van der Waals surface area (Å²) in [5.41, 5.74) is -0.0870. The molecule has 9 heteroatoms. The van der Waals surface area contributed by atoms with E-state index >= 15 is 0 Å². The molecule has 0 fully saturated rings. The molecule has 2 heterocycles. The molecule has 0 bridgehead atoms. The Kier molecular flexibility index (Phi) is 3.43. The number of amides is 1. The number of nitrogens with zero attached hydrogens (tertiary/aromatic N) is 4. The number of anilines is 1. The second kappa shape index (κ2) is 5.02. The molecule has 0 saturated carbocycles. The van der Waals surface area contributed by atoms with Crippen molar-refractivity contribution in [3.8, 4) is 0 Å². The molecule has 0 unspecified atom stereocenters. The molecule has 98 valence electrons. The van der Waals surface area contributed by atoms with Crippen molar-refractivity contribution in [1.82, 2.24) is 14.8 Å². The first-order valence-electron chi connectivity index (χ1n) is 5.09. The van der Waals surface area contributed by atoms with Gasteiger partial charge in [-0.05, 0) is 12.1 Å². The van der Waals surface area contributed by atoms with Gasteiger partial charge in [-0.1, -0.05) is 11.6 Å². The smallest absolute Gasteiger partial charge is 0.299 e. The summed E-state index contributed by atoms with van der Waals surface area (Å²) >= 11 is 5.66. The Labute approximate surface area is 112 Å². The van der Waals surface area contributed by atoms with Gasteiger partial charge in [0, 0.05) is 19.3 Å². The molecule has 8 nitrogen and oxygen atoms in total. The van der Waals surface area contributed by atoms with Crippen LogP contribution in [-0.4, -0.2) is 25.6 Å². The minimum absolute atomic E-state index is 0.0471. The van der Waals surface area contributed by atoms with Crippen LogP contribution < -0.4 is 5.32 Å². The largest absolute Gasteiger partial charge is 0.311 e. The molecule has 0 aromatic carbocycles. The number of aryl methyl sites for hydroxylation is 1. The van der Waals surface area contributed by atoms with Crippen molar-refractivity contribution in [3.05, 3.63) is 45.4 Å². The van der Waals surface area contributed by atoms with Crippen LogP contribution >= 0.6 is 11.6 Å². The van der Waals surface area contributed by atoms with E-state index in [1.165, 1.54) is 29.1 Å². The molecule has 1 amide bonds. The SMILES string of the molecule is Cn1nccc1C(=O)Nc1nc(Cl)ccc1[N+](=O)[O-]. The fraction of sp³-hybridized carbons (Fsp3) is 0.100. The van der Waals surface area contributed by atoms with Crippen molar-refractivity contribution >= 4 is 29.0 Å². The van der Waals surface area contributed by atoms with E-state index in [-0.39, 0.29) is 22.4 Å². The van der Waals surface area contributed by atoms with Crippen LogP contribution in [0.4, 0.5) is 11.5 Å². The fourth-order valence-corrected chi connectivity index (χ4v) is 1.58. The van der Waals surface area contributed by atoms with E-state index in [0.29, 0.717) is 0 Å². The minimum atomic E-state index is -0.651. The van der Waals surface area contributed by atoms with Gasteiger partial charge in [0.1, 0.15) is 10.8 Å². The summed E-state index contributed by atoms with van der Waals surface area (Å²) in [6, 6.07) is 3.93. The molecule has 19 heavy (non-hydrogen) atoms. The highest BCUT2D eigenvalue weighted by Crippen LogP contribution is 2.24. The molecule has 2 aromatic rings. The number of hydrogen-bond donors (Lipinski definition) is 1. The molecule has 2 rings (SSSR count). The van der Waals surface area contributed by atoms with Gasteiger partial charge in [0.25, 0.3) is 5.91 Å². The predicted octanol–water partition coefficient (Wildman–Crippen LogP) is 1.63. The number of halogens is 1. The maximum absolute atomic E-state index is 11.9. The highest BCUT2D eigenvalue weighted by molar-refractivity contribution is 6.29. The molecule has 0 radical (unpaired) electrons. The average Bonchev–Trinajstić information content (AvgIpc) is 2.75. The number of nitro groups is 1. The number of pyridine rings is 1. The van der Waals surface area contributed by atoms with E-state index in [0.717, 1.165) is 0 Å². The maximum Gasteiger partial charge on any atom is 0.311 e. The van der Waals surface area contributed by atoms with Gasteiger partial charge >= 0.3 is 5.69 Å². The Morgan fingerprint density at radius 2 is 2.21 bits per heavy atom. The first-order valence-corrected chi connectivity index (χ1v) is 5.47. The van der Waals surface area contributed by atoms with Gasteiger partial charge in [0.15, 0.2) is 0 Å². The van der Waals surface area contributed by atoms with Crippen LogP contribution in [0.3, 0.4) is 0 Å². The molecule has 0 aliphatic rings.